The van der Waals surface area contributed by atoms with Crippen molar-refractivity contribution in [3.05, 3.63) is 36.2 Å². The van der Waals surface area contributed by atoms with E-state index in [4.69, 9.17) is 4.98 Å². The molecule has 0 spiro atoms. The maximum atomic E-state index is 4.79. The smallest absolute Gasteiger partial charge is 0.227 e. The van der Waals surface area contributed by atoms with Gasteiger partial charge in [-0.2, -0.15) is 4.98 Å². The zero-order valence-corrected chi connectivity index (χ0v) is 18.5. The van der Waals surface area contributed by atoms with Crippen molar-refractivity contribution in [2.45, 2.75) is 46.7 Å². The molecular weight excluding hydrogens is 362 g/mol. The van der Waals surface area contributed by atoms with E-state index in [-0.39, 0.29) is 0 Å². The summed E-state index contributed by atoms with van der Waals surface area (Å²) in [4.78, 5) is 21.0. The average Bonchev–Trinajstić information content (AvgIpc) is 2.71. The Bertz CT molecular complexity index is 747. The van der Waals surface area contributed by atoms with E-state index in [9.17, 15) is 0 Å². The van der Waals surface area contributed by atoms with Gasteiger partial charge in [-0.25, -0.2) is 9.97 Å². The number of nitrogens with zero attached hydrogens (tertiary/aromatic N) is 6. The highest BCUT2D eigenvalue weighted by molar-refractivity contribution is 5.46. The normalized spacial score (nSPS) is 14.9. The van der Waals surface area contributed by atoms with Crippen LogP contribution in [0.15, 0.2) is 30.5 Å². The van der Waals surface area contributed by atoms with Crippen molar-refractivity contribution in [2.24, 2.45) is 0 Å². The van der Waals surface area contributed by atoms with Gasteiger partial charge in [0.25, 0.3) is 0 Å². The first-order chi connectivity index (χ1) is 13.9. The van der Waals surface area contributed by atoms with Crippen LogP contribution in [-0.4, -0.2) is 71.2 Å². The molecule has 0 radical (unpaired) electrons. The van der Waals surface area contributed by atoms with Crippen LogP contribution in [0.2, 0.25) is 0 Å². The second-order valence-electron chi connectivity index (χ2n) is 8.21. The van der Waals surface area contributed by atoms with Gasteiger partial charge in [0.2, 0.25) is 5.95 Å². The van der Waals surface area contributed by atoms with Gasteiger partial charge in [-0.1, -0.05) is 6.07 Å². The van der Waals surface area contributed by atoms with Crippen molar-refractivity contribution in [1.82, 2.24) is 19.9 Å². The third kappa shape index (κ3) is 5.79. The minimum Gasteiger partial charge on any atom is -0.369 e. The Balaban J connectivity index is 1.58. The summed E-state index contributed by atoms with van der Waals surface area (Å²) in [5, 5.41) is 3.50. The highest BCUT2D eigenvalue weighted by Gasteiger charge is 2.20. The molecule has 3 heterocycles. The Morgan fingerprint density at radius 2 is 1.69 bits per heavy atom. The predicted molar refractivity (Wildman–Crippen MR) is 121 cm³/mol. The third-order valence-corrected chi connectivity index (χ3v) is 5.38. The van der Waals surface area contributed by atoms with E-state index >= 15 is 0 Å². The quantitative estimate of drug-likeness (QED) is 0.735. The number of rotatable bonds is 8. The second kappa shape index (κ2) is 9.87. The number of nitrogens with one attached hydrogen (secondary N) is 1. The molecule has 1 fully saturated rings. The number of aromatic nitrogens is 3. The fourth-order valence-corrected chi connectivity index (χ4v) is 3.89. The van der Waals surface area contributed by atoms with Crippen molar-refractivity contribution < 1.29 is 0 Å². The van der Waals surface area contributed by atoms with Gasteiger partial charge >= 0.3 is 0 Å². The molecule has 0 amide bonds. The van der Waals surface area contributed by atoms with E-state index in [1.54, 1.807) is 0 Å². The average molecular weight is 398 g/mol. The number of pyridine rings is 1. The standard InChI is InChI=1S/C22H35N7/c1-17(2)29(18(3)4)11-10-23-20-16-19(5)25-22(26-20)28-14-12-27(13-15-28)21-8-6-7-9-24-21/h6-9,16-18H,10-15H2,1-5H3,(H,23,25,26). The predicted octanol–water partition coefficient (Wildman–Crippen LogP) is 3.04. The zero-order chi connectivity index (χ0) is 20.8. The van der Waals surface area contributed by atoms with Crippen molar-refractivity contribution in [2.75, 3.05) is 54.4 Å². The molecule has 0 aromatic carbocycles. The molecule has 1 aliphatic heterocycles. The topological polar surface area (TPSA) is 60.4 Å². The number of hydrogen-bond donors (Lipinski definition) is 1. The number of piperazine rings is 1. The number of anilines is 3. The summed E-state index contributed by atoms with van der Waals surface area (Å²) in [5.41, 5.74) is 0.995. The van der Waals surface area contributed by atoms with Crippen LogP contribution in [0.4, 0.5) is 17.6 Å². The lowest BCUT2D eigenvalue weighted by Crippen LogP contribution is -2.47. The summed E-state index contributed by atoms with van der Waals surface area (Å²) in [7, 11) is 0. The van der Waals surface area contributed by atoms with Gasteiger partial charge in [-0.3, -0.25) is 4.90 Å². The van der Waals surface area contributed by atoms with E-state index in [0.717, 1.165) is 62.5 Å². The number of hydrogen-bond acceptors (Lipinski definition) is 7. The van der Waals surface area contributed by atoms with Crippen LogP contribution in [0.5, 0.6) is 0 Å². The first kappa shape index (κ1) is 21.3. The number of aryl methyl sites for hydroxylation is 1. The summed E-state index contributed by atoms with van der Waals surface area (Å²) in [5.74, 6) is 2.77. The van der Waals surface area contributed by atoms with E-state index in [2.05, 4.69) is 63.7 Å². The summed E-state index contributed by atoms with van der Waals surface area (Å²) in [6.07, 6.45) is 1.85. The molecule has 1 saturated heterocycles. The Morgan fingerprint density at radius 3 is 2.31 bits per heavy atom. The van der Waals surface area contributed by atoms with Crippen LogP contribution >= 0.6 is 0 Å². The molecule has 2 aromatic heterocycles. The van der Waals surface area contributed by atoms with Crippen LogP contribution in [0.1, 0.15) is 33.4 Å². The van der Waals surface area contributed by atoms with Gasteiger partial charge in [0.15, 0.2) is 0 Å². The molecule has 0 saturated carbocycles. The first-order valence-corrected chi connectivity index (χ1v) is 10.7. The molecule has 3 rings (SSSR count). The summed E-state index contributed by atoms with van der Waals surface area (Å²) >= 11 is 0. The second-order valence-corrected chi connectivity index (χ2v) is 8.21. The van der Waals surface area contributed by atoms with Crippen molar-refractivity contribution in [3.63, 3.8) is 0 Å². The molecule has 0 unspecified atom stereocenters. The van der Waals surface area contributed by atoms with E-state index in [1.807, 2.05) is 31.3 Å². The zero-order valence-electron chi connectivity index (χ0n) is 18.5. The van der Waals surface area contributed by atoms with Crippen LogP contribution in [0.25, 0.3) is 0 Å². The fraction of sp³-hybridized carbons (Fsp3) is 0.591. The molecule has 0 atom stereocenters. The van der Waals surface area contributed by atoms with Crippen molar-refractivity contribution >= 4 is 17.6 Å². The maximum absolute atomic E-state index is 4.79. The Kier molecular flexibility index (Phi) is 7.25. The minimum atomic E-state index is 0.537. The minimum absolute atomic E-state index is 0.537. The van der Waals surface area contributed by atoms with E-state index < -0.39 is 0 Å². The van der Waals surface area contributed by atoms with Crippen molar-refractivity contribution in [1.29, 1.82) is 0 Å². The molecule has 7 nitrogen and oxygen atoms in total. The van der Waals surface area contributed by atoms with Gasteiger partial charge < -0.3 is 15.1 Å². The summed E-state index contributed by atoms with van der Waals surface area (Å²) in [6.45, 7) is 16.5. The third-order valence-electron chi connectivity index (χ3n) is 5.38. The highest BCUT2D eigenvalue weighted by Crippen LogP contribution is 2.18. The molecule has 7 heteroatoms. The maximum Gasteiger partial charge on any atom is 0.227 e. The Hall–Kier alpha value is -2.41. The van der Waals surface area contributed by atoms with Crippen LogP contribution in [0.3, 0.4) is 0 Å². The SMILES string of the molecule is Cc1cc(NCCN(C(C)C)C(C)C)nc(N2CCN(c3ccccn3)CC2)n1. The van der Waals surface area contributed by atoms with Gasteiger partial charge in [-0.15, -0.1) is 0 Å². The lowest BCUT2D eigenvalue weighted by Gasteiger charge is -2.35. The van der Waals surface area contributed by atoms with Crippen LogP contribution in [-0.2, 0) is 0 Å². The van der Waals surface area contributed by atoms with Crippen molar-refractivity contribution in [3.8, 4) is 0 Å². The molecular formula is C22H35N7. The monoisotopic (exact) mass is 397 g/mol. The lowest BCUT2D eigenvalue weighted by molar-refractivity contribution is 0.182. The Morgan fingerprint density at radius 1 is 1.00 bits per heavy atom. The first-order valence-electron chi connectivity index (χ1n) is 10.7. The molecule has 158 valence electrons. The highest BCUT2D eigenvalue weighted by atomic mass is 15.3. The molecule has 2 aromatic rings. The largest absolute Gasteiger partial charge is 0.369 e. The molecule has 1 N–H and O–H groups in total. The van der Waals surface area contributed by atoms with Crippen LogP contribution < -0.4 is 15.1 Å². The fourth-order valence-electron chi connectivity index (χ4n) is 3.89. The lowest BCUT2D eigenvalue weighted by atomic mass is 10.2. The van der Waals surface area contributed by atoms with E-state index in [0.29, 0.717) is 12.1 Å². The summed E-state index contributed by atoms with van der Waals surface area (Å²) < 4.78 is 0. The summed E-state index contributed by atoms with van der Waals surface area (Å²) in [6, 6.07) is 9.16. The van der Waals surface area contributed by atoms with Gasteiger partial charge in [-0.05, 0) is 46.8 Å². The van der Waals surface area contributed by atoms with Gasteiger partial charge in [0.05, 0.1) is 0 Å². The van der Waals surface area contributed by atoms with Gasteiger partial charge in [0, 0.05) is 69.3 Å². The Labute approximate surface area is 175 Å². The van der Waals surface area contributed by atoms with Crippen LogP contribution in [0, 0.1) is 6.92 Å². The van der Waals surface area contributed by atoms with E-state index in [1.165, 1.54) is 0 Å². The molecule has 1 aliphatic rings. The molecule has 0 aliphatic carbocycles. The molecule has 0 bridgehead atoms. The van der Waals surface area contributed by atoms with Gasteiger partial charge in [0.1, 0.15) is 11.6 Å². The molecule has 29 heavy (non-hydrogen) atoms.